The van der Waals surface area contributed by atoms with E-state index >= 15 is 0 Å². The number of ether oxygens (including phenoxy) is 1. The predicted octanol–water partition coefficient (Wildman–Crippen LogP) is 1.77. The van der Waals surface area contributed by atoms with Crippen molar-refractivity contribution in [3.8, 4) is 0 Å². The Hall–Kier alpha value is -1.55. The predicted molar refractivity (Wildman–Crippen MR) is 59.7 cm³/mol. The Morgan fingerprint density at radius 3 is 2.94 bits per heavy atom. The minimum Gasteiger partial charge on any atom is -0.425 e. The maximum Gasteiger partial charge on any atom is 0.341 e. The van der Waals surface area contributed by atoms with Gasteiger partial charge in [0.25, 0.3) is 0 Å². The number of carbonyl (C=O) groups excluding carboxylic acids is 1. The van der Waals surface area contributed by atoms with Crippen molar-refractivity contribution in [2.45, 2.75) is 32.0 Å². The molecule has 0 saturated carbocycles. The fourth-order valence-corrected chi connectivity index (χ4v) is 1.93. The molecule has 2 rings (SSSR count). The number of hydrogen-bond acceptors (Lipinski definition) is 4. The lowest BCUT2D eigenvalue weighted by Gasteiger charge is -2.22. The van der Waals surface area contributed by atoms with Crippen LogP contribution in [0.5, 0.6) is 0 Å². The van der Waals surface area contributed by atoms with E-state index in [-0.39, 0.29) is 0 Å². The molecule has 1 aliphatic heterocycles. The zero-order valence-electron chi connectivity index (χ0n) is 9.19. The lowest BCUT2D eigenvalue weighted by atomic mass is 9.97. The Bertz CT molecular complexity index is 430. The van der Waals surface area contributed by atoms with Crippen LogP contribution in [0.25, 0.3) is 0 Å². The highest BCUT2D eigenvalue weighted by Crippen LogP contribution is 2.38. The molecule has 3 N–H and O–H groups in total. The Labute approximate surface area is 94.0 Å². The number of hydrogen-bond donors (Lipinski definition) is 2. The highest BCUT2D eigenvalue weighted by atomic mass is 16.7. The fourth-order valence-electron chi connectivity index (χ4n) is 1.93. The fraction of sp³-hybridized carbons (Fsp3) is 0.417. The summed E-state index contributed by atoms with van der Waals surface area (Å²) in [6.45, 7) is 2.01. The van der Waals surface area contributed by atoms with Gasteiger partial charge in [-0.25, -0.2) is 4.79 Å². The smallest absolute Gasteiger partial charge is 0.341 e. The number of cyclic esters (lactones) is 1. The van der Waals surface area contributed by atoms with Crippen molar-refractivity contribution in [2.24, 2.45) is 0 Å². The van der Waals surface area contributed by atoms with E-state index in [0.717, 1.165) is 12.8 Å². The van der Waals surface area contributed by atoms with E-state index in [1.165, 1.54) is 0 Å². The van der Waals surface area contributed by atoms with Gasteiger partial charge in [0, 0.05) is 17.7 Å². The first-order valence-electron chi connectivity index (χ1n) is 5.42. The summed E-state index contributed by atoms with van der Waals surface area (Å²) in [6, 6.07) is 4.83. The summed E-state index contributed by atoms with van der Waals surface area (Å²) in [5.74, 6) is -1.97. The number of fused-ring (bicyclic) bond motifs is 1. The number of nitrogens with two attached hydrogens (primary N) is 1. The third kappa shape index (κ3) is 1.65. The molecule has 4 nitrogen and oxygen atoms in total. The molecular formula is C12H15NO3. The van der Waals surface area contributed by atoms with Gasteiger partial charge in [0.1, 0.15) is 0 Å². The van der Waals surface area contributed by atoms with Gasteiger partial charge in [-0.15, -0.1) is 0 Å². The molecule has 4 heteroatoms. The number of unbranched alkanes of at least 4 members (excludes halogenated alkanes) is 1. The van der Waals surface area contributed by atoms with Gasteiger partial charge in [-0.3, -0.25) is 0 Å². The van der Waals surface area contributed by atoms with Crippen molar-refractivity contribution in [2.75, 3.05) is 5.73 Å². The molecule has 0 fully saturated rings. The Kier molecular flexibility index (Phi) is 2.59. The first-order valence-corrected chi connectivity index (χ1v) is 5.42. The summed E-state index contributed by atoms with van der Waals surface area (Å²) in [7, 11) is 0. The van der Waals surface area contributed by atoms with Crippen molar-refractivity contribution >= 4 is 11.7 Å². The molecule has 1 aromatic rings. The molecule has 0 radical (unpaired) electrons. The van der Waals surface area contributed by atoms with Crippen LogP contribution >= 0.6 is 0 Å². The number of carbonyl (C=O) groups is 1. The van der Waals surface area contributed by atoms with Crippen LogP contribution in [-0.2, 0) is 10.5 Å². The number of rotatable bonds is 3. The van der Waals surface area contributed by atoms with Gasteiger partial charge in [-0.05, 0) is 24.6 Å². The maximum absolute atomic E-state index is 11.5. The van der Waals surface area contributed by atoms with Crippen LogP contribution < -0.4 is 5.73 Å². The lowest BCUT2D eigenvalue weighted by Crippen LogP contribution is -2.25. The Morgan fingerprint density at radius 2 is 2.25 bits per heavy atom. The van der Waals surface area contributed by atoms with Gasteiger partial charge in [-0.2, -0.15) is 0 Å². The Morgan fingerprint density at radius 1 is 1.50 bits per heavy atom. The number of aliphatic hydroxyl groups is 1. The molecule has 0 bridgehead atoms. The van der Waals surface area contributed by atoms with Crippen molar-refractivity contribution in [1.29, 1.82) is 0 Å². The summed E-state index contributed by atoms with van der Waals surface area (Å²) in [5.41, 5.74) is 7.07. The van der Waals surface area contributed by atoms with Crippen molar-refractivity contribution < 1.29 is 14.6 Å². The van der Waals surface area contributed by atoms with Crippen LogP contribution in [0.3, 0.4) is 0 Å². The van der Waals surface area contributed by atoms with Crippen molar-refractivity contribution in [3.05, 3.63) is 29.3 Å². The van der Waals surface area contributed by atoms with Gasteiger partial charge in [-0.1, -0.05) is 13.3 Å². The summed E-state index contributed by atoms with van der Waals surface area (Å²) < 4.78 is 5.04. The van der Waals surface area contributed by atoms with Crippen LogP contribution in [-0.4, -0.2) is 11.1 Å². The highest BCUT2D eigenvalue weighted by molar-refractivity contribution is 5.95. The molecule has 0 aromatic heterocycles. The highest BCUT2D eigenvalue weighted by Gasteiger charge is 2.43. The molecule has 1 aromatic carbocycles. The number of anilines is 1. The first kappa shape index (κ1) is 11.0. The SMILES string of the molecule is CCCCC1(O)OC(=O)c2ccc(N)cc21. The van der Waals surface area contributed by atoms with E-state index in [1.54, 1.807) is 18.2 Å². The van der Waals surface area contributed by atoms with Crippen LogP contribution in [0.2, 0.25) is 0 Å². The molecule has 0 amide bonds. The zero-order chi connectivity index (χ0) is 11.8. The number of benzene rings is 1. The van der Waals surface area contributed by atoms with Crippen LogP contribution in [0.15, 0.2) is 18.2 Å². The molecule has 1 aliphatic rings. The standard InChI is InChI=1S/C12H15NO3/c1-2-3-6-12(15)10-7-8(13)4-5-9(10)11(14)16-12/h4-5,7,15H,2-3,6,13H2,1H3. The van der Waals surface area contributed by atoms with Crippen molar-refractivity contribution in [3.63, 3.8) is 0 Å². The monoisotopic (exact) mass is 221 g/mol. The molecule has 0 saturated heterocycles. The summed E-state index contributed by atoms with van der Waals surface area (Å²) in [6.07, 6.45) is 2.13. The van der Waals surface area contributed by atoms with Gasteiger partial charge in [0.2, 0.25) is 5.79 Å². The maximum atomic E-state index is 11.5. The van der Waals surface area contributed by atoms with Crippen LogP contribution in [0, 0.1) is 0 Å². The Balaban J connectivity index is 2.40. The molecule has 86 valence electrons. The average Bonchev–Trinajstić information content (AvgIpc) is 2.49. The summed E-state index contributed by atoms with van der Waals surface area (Å²) >= 11 is 0. The van der Waals surface area contributed by atoms with E-state index < -0.39 is 11.8 Å². The second kappa shape index (κ2) is 3.79. The van der Waals surface area contributed by atoms with Crippen LogP contribution in [0.1, 0.15) is 42.1 Å². The van der Waals surface area contributed by atoms with Gasteiger partial charge in [0.15, 0.2) is 0 Å². The zero-order valence-corrected chi connectivity index (χ0v) is 9.19. The third-order valence-electron chi connectivity index (χ3n) is 2.82. The second-order valence-electron chi connectivity index (χ2n) is 4.08. The van der Waals surface area contributed by atoms with Gasteiger partial charge < -0.3 is 15.6 Å². The van der Waals surface area contributed by atoms with E-state index in [4.69, 9.17) is 10.5 Å². The lowest BCUT2D eigenvalue weighted by molar-refractivity contribution is -0.168. The second-order valence-corrected chi connectivity index (χ2v) is 4.08. The van der Waals surface area contributed by atoms with E-state index in [1.807, 2.05) is 6.92 Å². The molecule has 1 heterocycles. The van der Waals surface area contributed by atoms with E-state index in [9.17, 15) is 9.90 Å². The molecule has 1 atom stereocenters. The van der Waals surface area contributed by atoms with Gasteiger partial charge in [0.05, 0.1) is 5.56 Å². The minimum atomic E-state index is -1.49. The normalized spacial score (nSPS) is 23.0. The van der Waals surface area contributed by atoms with Crippen molar-refractivity contribution in [1.82, 2.24) is 0 Å². The summed E-state index contributed by atoms with van der Waals surface area (Å²) in [5, 5.41) is 10.3. The van der Waals surface area contributed by atoms with E-state index in [0.29, 0.717) is 23.2 Å². The average molecular weight is 221 g/mol. The molecular weight excluding hydrogens is 206 g/mol. The third-order valence-corrected chi connectivity index (χ3v) is 2.82. The van der Waals surface area contributed by atoms with E-state index in [2.05, 4.69) is 0 Å². The van der Waals surface area contributed by atoms with Gasteiger partial charge >= 0.3 is 5.97 Å². The first-order chi connectivity index (χ1) is 7.57. The largest absolute Gasteiger partial charge is 0.425 e. The minimum absolute atomic E-state index is 0.408. The molecule has 0 aliphatic carbocycles. The summed E-state index contributed by atoms with van der Waals surface area (Å²) in [4.78, 5) is 11.5. The molecule has 0 spiro atoms. The molecule has 16 heavy (non-hydrogen) atoms. The number of nitrogen functional groups attached to an aromatic ring is 1. The number of esters is 1. The van der Waals surface area contributed by atoms with Crippen LogP contribution in [0.4, 0.5) is 5.69 Å². The topological polar surface area (TPSA) is 72.5 Å². The quantitative estimate of drug-likeness (QED) is 0.602. The molecule has 1 unspecified atom stereocenters.